The van der Waals surface area contributed by atoms with E-state index < -0.39 is 0 Å². The lowest BCUT2D eigenvalue weighted by Crippen LogP contribution is -2.37. The molecule has 0 saturated heterocycles. The van der Waals surface area contributed by atoms with Crippen LogP contribution in [0.2, 0.25) is 0 Å². The Morgan fingerprint density at radius 2 is 1.70 bits per heavy atom. The molecule has 0 radical (unpaired) electrons. The van der Waals surface area contributed by atoms with Crippen LogP contribution in [0, 0.1) is 20.8 Å². The fraction of sp³-hybridized carbons (Fsp3) is 0.435. The van der Waals surface area contributed by atoms with Crippen LogP contribution < -0.4 is 14.8 Å². The van der Waals surface area contributed by atoms with E-state index in [2.05, 4.69) is 33.0 Å². The SMILES string of the molecule is COc1cc(C)c(C(=O)N[C@H](C)COc2ccc(C)c(C)c2)cc1C(C)C. The Morgan fingerprint density at radius 1 is 1.00 bits per heavy atom. The molecule has 0 bridgehead atoms. The lowest BCUT2D eigenvalue weighted by atomic mass is 9.96. The van der Waals surface area contributed by atoms with Gasteiger partial charge < -0.3 is 14.8 Å². The van der Waals surface area contributed by atoms with Crippen molar-refractivity contribution in [2.75, 3.05) is 13.7 Å². The molecule has 4 nitrogen and oxygen atoms in total. The van der Waals surface area contributed by atoms with E-state index >= 15 is 0 Å². The largest absolute Gasteiger partial charge is 0.496 e. The van der Waals surface area contributed by atoms with Gasteiger partial charge in [-0.15, -0.1) is 0 Å². The van der Waals surface area contributed by atoms with Crippen LogP contribution in [0.25, 0.3) is 0 Å². The molecule has 2 rings (SSSR count). The van der Waals surface area contributed by atoms with Crippen LogP contribution in [-0.4, -0.2) is 25.7 Å². The Hall–Kier alpha value is -2.49. The summed E-state index contributed by atoms with van der Waals surface area (Å²) in [5.41, 5.74) is 5.04. The Kier molecular flexibility index (Phi) is 6.89. The number of aryl methyl sites for hydroxylation is 3. The molecule has 0 saturated carbocycles. The lowest BCUT2D eigenvalue weighted by Gasteiger charge is -2.19. The van der Waals surface area contributed by atoms with Gasteiger partial charge >= 0.3 is 0 Å². The topological polar surface area (TPSA) is 47.6 Å². The predicted molar refractivity (Wildman–Crippen MR) is 110 cm³/mol. The van der Waals surface area contributed by atoms with Crippen molar-refractivity contribution in [1.29, 1.82) is 0 Å². The van der Waals surface area contributed by atoms with E-state index in [9.17, 15) is 4.79 Å². The second-order valence-corrected chi connectivity index (χ2v) is 7.50. The maximum absolute atomic E-state index is 12.8. The smallest absolute Gasteiger partial charge is 0.251 e. The molecule has 0 aromatic heterocycles. The van der Waals surface area contributed by atoms with Crippen molar-refractivity contribution in [3.63, 3.8) is 0 Å². The number of amides is 1. The van der Waals surface area contributed by atoms with E-state index in [0.29, 0.717) is 12.2 Å². The van der Waals surface area contributed by atoms with Gasteiger partial charge in [0, 0.05) is 5.56 Å². The summed E-state index contributed by atoms with van der Waals surface area (Å²) in [6.45, 7) is 12.6. The highest BCUT2D eigenvalue weighted by molar-refractivity contribution is 5.96. The molecule has 27 heavy (non-hydrogen) atoms. The molecular formula is C23H31NO3. The van der Waals surface area contributed by atoms with Crippen molar-refractivity contribution in [2.45, 2.75) is 53.5 Å². The van der Waals surface area contributed by atoms with Crippen LogP contribution in [0.4, 0.5) is 0 Å². The third kappa shape index (κ3) is 5.25. The number of ether oxygens (including phenoxy) is 2. The first-order valence-electron chi connectivity index (χ1n) is 9.42. The minimum absolute atomic E-state index is 0.0896. The maximum atomic E-state index is 12.8. The van der Waals surface area contributed by atoms with Gasteiger partial charge in [0.2, 0.25) is 0 Å². The van der Waals surface area contributed by atoms with Gasteiger partial charge in [-0.1, -0.05) is 19.9 Å². The molecule has 0 aliphatic rings. The van der Waals surface area contributed by atoms with E-state index in [-0.39, 0.29) is 17.9 Å². The molecule has 1 atom stereocenters. The maximum Gasteiger partial charge on any atom is 0.251 e. The monoisotopic (exact) mass is 369 g/mol. The number of nitrogens with one attached hydrogen (secondary N) is 1. The van der Waals surface area contributed by atoms with Crippen molar-refractivity contribution in [1.82, 2.24) is 5.32 Å². The summed E-state index contributed by atoms with van der Waals surface area (Å²) in [5, 5.41) is 3.03. The summed E-state index contributed by atoms with van der Waals surface area (Å²) in [7, 11) is 1.66. The summed E-state index contributed by atoms with van der Waals surface area (Å²) in [4.78, 5) is 12.8. The van der Waals surface area contributed by atoms with Crippen molar-refractivity contribution >= 4 is 5.91 Å². The molecule has 0 aliphatic heterocycles. The minimum atomic E-state index is -0.108. The van der Waals surface area contributed by atoms with Gasteiger partial charge in [0.1, 0.15) is 18.1 Å². The van der Waals surface area contributed by atoms with Crippen LogP contribution in [0.15, 0.2) is 30.3 Å². The van der Waals surface area contributed by atoms with Crippen LogP contribution in [0.1, 0.15) is 59.3 Å². The first-order valence-corrected chi connectivity index (χ1v) is 9.42. The fourth-order valence-electron chi connectivity index (χ4n) is 2.94. The Bertz CT molecular complexity index is 812. The molecule has 0 unspecified atom stereocenters. The number of carbonyl (C=O) groups excluding carboxylic acids is 1. The molecule has 0 aliphatic carbocycles. The highest BCUT2D eigenvalue weighted by atomic mass is 16.5. The van der Waals surface area contributed by atoms with Crippen LogP contribution in [0.3, 0.4) is 0 Å². The molecule has 146 valence electrons. The average Bonchev–Trinajstić information content (AvgIpc) is 2.61. The Morgan fingerprint density at radius 3 is 2.30 bits per heavy atom. The lowest BCUT2D eigenvalue weighted by molar-refractivity contribution is 0.0926. The van der Waals surface area contributed by atoms with Gasteiger partial charge in [0.25, 0.3) is 5.91 Å². The molecule has 2 aromatic rings. The van der Waals surface area contributed by atoms with Crippen LogP contribution in [0.5, 0.6) is 11.5 Å². The second kappa shape index (κ2) is 8.94. The normalized spacial score (nSPS) is 12.0. The van der Waals surface area contributed by atoms with Gasteiger partial charge in [0.15, 0.2) is 0 Å². The van der Waals surface area contributed by atoms with E-state index in [1.807, 2.05) is 44.2 Å². The van der Waals surface area contributed by atoms with Crippen molar-refractivity contribution in [3.05, 3.63) is 58.1 Å². The molecule has 1 N–H and O–H groups in total. The number of benzene rings is 2. The number of methoxy groups -OCH3 is 1. The van der Waals surface area contributed by atoms with Gasteiger partial charge in [-0.05, 0) is 80.1 Å². The van der Waals surface area contributed by atoms with E-state index in [0.717, 1.165) is 22.6 Å². The van der Waals surface area contributed by atoms with E-state index in [4.69, 9.17) is 9.47 Å². The molecule has 2 aromatic carbocycles. The van der Waals surface area contributed by atoms with Crippen LogP contribution >= 0.6 is 0 Å². The summed E-state index contributed by atoms with van der Waals surface area (Å²) in [5.74, 6) is 1.83. The second-order valence-electron chi connectivity index (χ2n) is 7.50. The van der Waals surface area contributed by atoms with E-state index in [1.165, 1.54) is 11.1 Å². The summed E-state index contributed by atoms with van der Waals surface area (Å²) < 4.78 is 11.3. The molecular weight excluding hydrogens is 338 g/mol. The van der Waals surface area contributed by atoms with Crippen molar-refractivity contribution in [3.8, 4) is 11.5 Å². The number of hydrogen-bond donors (Lipinski definition) is 1. The Balaban J connectivity index is 2.05. The summed E-state index contributed by atoms with van der Waals surface area (Å²) in [6, 6.07) is 9.78. The standard InChI is InChI=1S/C23H31NO3/c1-14(2)20-12-21(17(5)11-22(20)26-7)23(25)24-18(6)13-27-19-9-8-15(3)16(4)10-19/h8-12,14,18H,13H2,1-7H3,(H,24,25)/t18-/m1/s1. The zero-order chi connectivity index (χ0) is 20.1. The quantitative estimate of drug-likeness (QED) is 0.752. The highest BCUT2D eigenvalue weighted by Crippen LogP contribution is 2.29. The fourth-order valence-corrected chi connectivity index (χ4v) is 2.94. The number of carbonyl (C=O) groups is 1. The third-order valence-corrected chi connectivity index (χ3v) is 4.80. The summed E-state index contributed by atoms with van der Waals surface area (Å²) in [6.07, 6.45) is 0. The van der Waals surface area contributed by atoms with Crippen LogP contribution in [-0.2, 0) is 0 Å². The molecule has 1 amide bonds. The highest BCUT2D eigenvalue weighted by Gasteiger charge is 2.17. The Labute approximate surface area is 162 Å². The van der Waals surface area contributed by atoms with Gasteiger partial charge in [-0.3, -0.25) is 4.79 Å². The number of rotatable bonds is 7. The van der Waals surface area contributed by atoms with Gasteiger partial charge in [0.05, 0.1) is 13.2 Å². The molecule has 0 fully saturated rings. The summed E-state index contributed by atoms with van der Waals surface area (Å²) >= 11 is 0. The zero-order valence-corrected chi connectivity index (χ0v) is 17.5. The molecule has 4 heteroatoms. The first-order chi connectivity index (χ1) is 12.7. The van der Waals surface area contributed by atoms with Gasteiger partial charge in [-0.25, -0.2) is 0 Å². The van der Waals surface area contributed by atoms with Crippen molar-refractivity contribution < 1.29 is 14.3 Å². The van der Waals surface area contributed by atoms with E-state index in [1.54, 1.807) is 7.11 Å². The van der Waals surface area contributed by atoms with Crippen molar-refractivity contribution in [2.24, 2.45) is 0 Å². The predicted octanol–water partition coefficient (Wildman–Crippen LogP) is 4.94. The minimum Gasteiger partial charge on any atom is -0.496 e. The first kappa shape index (κ1) is 20.8. The average molecular weight is 370 g/mol. The van der Waals surface area contributed by atoms with Gasteiger partial charge in [-0.2, -0.15) is 0 Å². The molecule has 0 heterocycles. The molecule has 0 spiro atoms. The number of hydrogen-bond acceptors (Lipinski definition) is 3. The zero-order valence-electron chi connectivity index (χ0n) is 17.5. The third-order valence-electron chi connectivity index (χ3n) is 4.80.